The Kier molecular flexibility index (Phi) is 15.3. The van der Waals surface area contributed by atoms with Crippen LogP contribution in [0.25, 0.3) is 0 Å². The average Bonchev–Trinajstić information content (AvgIpc) is 3.53. The maximum absolute atomic E-state index is 11.2. The van der Waals surface area contributed by atoms with Crippen LogP contribution in [0.4, 0.5) is 0 Å². The molecule has 3 aliphatic heterocycles. The van der Waals surface area contributed by atoms with Gasteiger partial charge in [0.15, 0.2) is 18.9 Å². The minimum Gasteiger partial charge on any atom is -0.394 e. The molecule has 3 saturated heterocycles. The van der Waals surface area contributed by atoms with Gasteiger partial charge in [-0.25, -0.2) is 0 Å². The summed E-state index contributed by atoms with van der Waals surface area (Å²) in [5.74, 6) is 2.53. The highest BCUT2D eigenvalue weighted by atomic mass is 16.7. The van der Waals surface area contributed by atoms with Gasteiger partial charge in [-0.3, -0.25) is 0 Å². The molecule has 16 heteroatoms. The number of allylic oxidation sites excluding steroid dienone is 3. The molecule has 0 amide bonds. The van der Waals surface area contributed by atoms with Crippen LogP contribution in [0.3, 0.4) is 0 Å². The average molecular weight is 913 g/mol. The van der Waals surface area contributed by atoms with Crippen molar-refractivity contribution in [2.24, 2.45) is 45.3 Å². The van der Waals surface area contributed by atoms with Crippen LogP contribution < -0.4 is 0 Å². The molecule has 16 nitrogen and oxygen atoms in total. The van der Waals surface area contributed by atoms with E-state index in [9.17, 15) is 51.1 Å². The fourth-order valence-electron chi connectivity index (χ4n) is 13.9. The molecule has 0 spiro atoms. The summed E-state index contributed by atoms with van der Waals surface area (Å²) < 4.78 is 35.1. The SMILES string of the molecule is CC(C)=CCC[C@@H](C)[C@H]1CC[C@@]2(C)[C@@H]3CC=C4C(C)(C)[C@@H](O[C@@H]5O[C@H](CO[C@@H]6O[C@H](CO[C@@H]7O[C@H](CO)[C@@H](O)[C@H](O)[C@H]7O)[C@@H](O)[C@H](O)[C@H]6O)[C@@H](O)[C@H](O)[C@H]5O)CC[C@]4(C)[C@H]3CC[C@]12C. The summed E-state index contributed by atoms with van der Waals surface area (Å²) >= 11 is 0. The van der Waals surface area contributed by atoms with Crippen molar-refractivity contribution in [1.29, 1.82) is 0 Å². The first-order chi connectivity index (χ1) is 30.0. The standard InChI is InChI=1S/C48H80O16/c1-23(2)10-9-11-24(3)25-14-18-48(8)27-12-13-31-45(4,5)32(16-17-46(31,6)26(27)15-19-47(25,48)7)64-44-41(58)38(55)35(52)30(63-44)22-60-43-40(57)37(54)34(51)29(62-43)21-59-42-39(56)36(53)33(50)28(20-49)61-42/h10,13,24-30,32-44,49-58H,9,11-12,14-22H2,1-8H3/t24-,25-,26+,27-,28-,29-,30-,32+,33-,34-,35-,36+,37+,38+,39-,40-,41-,42-,43-,44+,46-,47-,48+/m1/s1. The van der Waals surface area contributed by atoms with Gasteiger partial charge in [-0.15, -0.1) is 0 Å². The molecule has 4 aliphatic carbocycles. The lowest BCUT2D eigenvalue weighted by Gasteiger charge is -2.65. The molecule has 0 aromatic rings. The molecule has 3 heterocycles. The van der Waals surface area contributed by atoms with Crippen LogP contribution in [-0.2, 0) is 28.4 Å². The van der Waals surface area contributed by atoms with Gasteiger partial charge in [0.25, 0.3) is 0 Å². The zero-order valence-electron chi connectivity index (χ0n) is 39.1. The number of rotatable bonds is 13. The molecular formula is C48H80O16. The quantitative estimate of drug-likeness (QED) is 0.118. The van der Waals surface area contributed by atoms with Crippen LogP contribution in [-0.4, -0.2) is 169 Å². The van der Waals surface area contributed by atoms with Crippen molar-refractivity contribution in [3.63, 3.8) is 0 Å². The fraction of sp³-hybridized carbons (Fsp3) is 0.917. The minimum atomic E-state index is -1.80. The lowest BCUT2D eigenvalue weighted by Crippen LogP contribution is -2.63. The summed E-state index contributed by atoms with van der Waals surface area (Å²) in [7, 11) is 0. The normalized spacial score (nSPS) is 50.7. The minimum absolute atomic E-state index is 0.0292. The van der Waals surface area contributed by atoms with E-state index in [0.717, 1.165) is 25.2 Å². The third kappa shape index (κ3) is 8.86. The predicted octanol–water partition coefficient (Wildman–Crippen LogP) is 1.81. The van der Waals surface area contributed by atoms with Crippen molar-refractivity contribution >= 4 is 0 Å². The van der Waals surface area contributed by atoms with Gasteiger partial charge in [-0.05, 0) is 112 Å². The van der Waals surface area contributed by atoms with E-state index < -0.39 is 123 Å². The molecule has 3 saturated carbocycles. The van der Waals surface area contributed by atoms with Gasteiger partial charge in [0, 0.05) is 5.41 Å². The van der Waals surface area contributed by atoms with Crippen LogP contribution >= 0.6 is 0 Å². The summed E-state index contributed by atoms with van der Waals surface area (Å²) in [5.41, 5.74) is 2.83. The Morgan fingerprint density at radius 3 is 1.73 bits per heavy atom. The summed E-state index contributed by atoms with van der Waals surface area (Å²) in [6, 6.07) is 0. The molecule has 10 N–H and O–H groups in total. The Labute approximate surface area is 378 Å². The number of aliphatic hydroxyl groups excluding tert-OH is 10. The largest absolute Gasteiger partial charge is 0.394 e. The molecule has 0 radical (unpaired) electrons. The van der Waals surface area contributed by atoms with Crippen LogP contribution in [0.2, 0.25) is 0 Å². The number of ether oxygens (including phenoxy) is 6. The zero-order valence-corrected chi connectivity index (χ0v) is 39.1. The predicted molar refractivity (Wildman–Crippen MR) is 231 cm³/mol. The third-order valence-corrected chi connectivity index (χ3v) is 18.0. The molecule has 6 fully saturated rings. The second kappa shape index (κ2) is 19.3. The Morgan fingerprint density at radius 2 is 1.17 bits per heavy atom. The van der Waals surface area contributed by atoms with Crippen molar-refractivity contribution in [3.8, 4) is 0 Å². The first-order valence-electron chi connectivity index (χ1n) is 23.9. The zero-order chi connectivity index (χ0) is 46.8. The third-order valence-electron chi connectivity index (χ3n) is 18.0. The van der Waals surface area contributed by atoms with Gasteiger partial charge in [0.2, 0.25) is 0 Å². The summed E-state index contributed by atoms with van der Waals surface area (Å²) in [5, 5.41) is 106. The van der Waals surface area contributed by atoms with E-state index >= 15 is 0 Å². The van der Waals surface area contributed by atoms with Crippen molar-refractivity contribution in [3.05, 3.63) is 23.3 Å². The van der Waals surface area contributed by atoms with E-state index in [4.69, 9.17) is 28.4 Å². The smallest absolute Gasteiger partial charge is 0.187 e. The van der Waals surface area contributed by atoms with E-state index in [1.807, 2.05) is 0 Å². The van der Waals surface area contributed by atoms with Crippen molar-refractivity contribution in [2.75, 3.05) is 19.8 Å². The van der Waals surface area contributed by atoms with E-state index in [2.05, 4.69) is 67.5 Å². The lowest BCUT2D eigenvalue weighted by atomic mass is 9.40. The molecule has 0 unspecified atom stereocenters. The molecule has 0 aromatic heterocycles. The highest BCUT2D eigenvalue weighted by molar-refractivity contribution is 5.32. The fourth-order valence-corrected chi connectivity index (χ4v) is 13.9. The second-order valence-electron chi connectivity index (χ2n) is 22.1. The first kappa shape index (κ1) is 50.7. The monoisotopic (exact) mass is 913 g/mol. The molecule has 0 aromatic carbocycles. The Balaban J connectivity index is 0.989. The van der Waals surface area contributed by atoms with E-state index in [-0.39, 0.29) is 10.8 Å². The molecule has 64 heavy (non-hydrogen) atoms. The number of aliphatic hydroxyl groups is 10. The molecule has 0 bridgehead atoms. The highest BCUT2D eigenvalue weighted by Gasteiger charge is 2.66. The maximum atomic E-state index is 11.2. The molecule has 7 aliphatic rings. The number of hydrogen-bond acceptors (Lipinski definition) is 16. The lowest BCUT2D eigenvalue weighted by molar-refractivity contribution is -0.347. The topological polar surface area (TPSA) is 258 Å². The van der Waals surface area contributed by atoms with Crippen LogP contribution in [0.15, 0.2) is 23.3 Å². The van der Waals surface area contributed by atoms with Crippen molar-refractivity contribution in [1.82, 2.24) is 0 Å². The van der Waals surface area contributed by atoms with Crippen molar-refractivity contribution in [2.45, 2.75) is 211 Å². The summed E-state index contributed by atoms with van der Waals surface area (Å²) in [6.45, 7) is 17.2. The summed E-state index contributed by atoms with van der Waals surface area (Å²) in [6.07, 6.45) is -9.16. The second-order valence-corrected chi connectivity index (χ2v) is 22.1. The van der Waals surface area contributed by atoms with Crippen LogP contribution in [0.5, 0.6) is 0 Å². The van der Waals surface area contributed by atoms with Gasteiger partial charge >= 0.3 is 0 Å². The van der Waals surface area contributed by atoms with E-state index in [0.29, 0.717) is 29.6 Å². The molecule has 23 atom stereocenters. The number of fused-ring (bicyclic) bond motifs is 5. The first-order valence-corrected chi connectivity index (χ1v) is 23.9. The highest BCUT2D eigenvalue weighted by Crippen LogP contribution is 2.74. The van der Waals surface area contributed by atoms with Crippen molar-refractivity contribution < 1.29 is 79.5 Å². The van der Waals surface area contributed by atoms with Gasteiger partial charge in [-0.1, -0.05) is 64.8 Å². The van der Waals surface area contributed by atoms with Crippen LogP contribution in [0, 0.1) is 45.3 Å². The van der Waals surface area contributed by atoms with E-state index in [1.54, 1.807) is 0 Å². The summed E-state index contributed by atoms with van der Waals surface area (Å²) in [4.78, 5) is 0. The Morgan fingerprint density at radius 1 is 0.656 bits per heavy atom. The Bertz CT molecular complexity index is 1650. The van der Waals surface area contributed by atoms with Gasteiger partial charge in [0.05, 0.1) is 25.9 Å². The van der Waals surface area contributed by atoms with Gasteiger partial charge in [0.1, 0.15) is 73.2 Å². The molecule has 7 rings (SSSR count). The van der Waals surface area contributed by atoms with E-state index in [1.165, 1.54) is 43.3 Å². The number of hydrogen-bond donors (Lipinski definition) is 10. The van der Waals surface area contributed by atoms with Gasteiger partial charge in [-0.2, -0.15) is 0 Å². The van der Waals surface area contributed by atoms with Gasteiger partial charge < -0.3 is 79.5 Å². The Hall–Kier alpha value is -1.16. The molecular weight excluding hydrogens is 833 g/mol. The maximum Gasteiger partial charge on any atom is 0.187 e. The van der Waals surface area contributed by atoms with Crippen LogP contribution in [0.1, 0.15) is 113 Å². The molecule has 368 valence electrons.